The third kappa shape index (κ3) is 3.10. The van der Waals surface area contributed by atoms with Crippen molar-refractivity contribution < 1.29 is 9.53 Å². The van der Waals surface area contributed by atoms with Gasteiger partial charge < -0.3 is 10.5 Å². The molecular formula is C15H23NO2. The van der Waals surface area contributed by atoms with Crippen molar-refractivity contribution in [2.24, 2.45) is 5.73 Å². The molecule has 0 aliphatic rings. The summed E-state index contributed by atoms with van der Waals surface area (Å²) < 4.78 is 5.23. The third-order valence-corrected chi connectivity index (χ3v) is 3.30. The molecule has 1 aromatic rings. The molecule has 0 aromatic heterocycles. The van der Waals surface area contributed by atoms with Gasteiger partial charge >= 0.3 is 5.97 Å². The summed E-state index contributed by atoms with van der Waals surface area (Å²) in [4.78, 5) is 12.3. The highest BCUT2D eigenvalue weighted by Crippen LogP contribution is 2.30. The zero-order valence-corrected chi connectivity index (χ0v) is 11.3. The van der Waals surface area contributed by atoms with Gasteiger partial charge in [-0.15, -0.1) is 0 Å². The molecule has 1 unspecified atom stereocenters. The number of nitrogens with two attached hydrogens (primary N) is 1. The Morgan fingerprint density at radius 1 is 1.28 bits per heavy atom. The van der Waals surface area contributed by atoms with Crippen molar-refractivity contribution in [2.75, 3.05) is 13.2 Å². The lowest BCUT2D eigenvalue weighted by Crippen LogP contribution is -2.44. The number of carbonyl (C=O) groups is 1. The van der Waals surface area contributed by atoms with Crippen LogP contribution in [0.2, 0.25) is 0 Å². The molecule has 1 rings (SSSR count). The fourth-order valence-electron chi connectivity index (χ4n) is 2.17. The fraction of sp³-hybridized carbons (Fsp3) is 0.533. The highest BCUT2D eigenvalue weighted by molar-refractivity contribution is 5.83. The number of hydrogen-bond donors (Lipinski definition) is 1. The van der Waals surface area contributed by atoms with Crippen molar-refractivity contribution in [3.63, 3.8) is 0 Å². The molecule has 0 amide bonds. The molecule has 0 aliphatic heterocycles. The maximum Gasteiger partial charge on any atom is 0.317 e. The van der Waals surface area contributed by atoms with Gasteiger partial charge in [0.05, 0.1) is 6.61 Å². The summed E-state index contributed by atoms with van der Waals surface area (Å²) in [5, 5.41) is 0. The second kappa shape index (κ2) is 7.17. The molecule has 2 N–H and O–H groups in total. The first-order chi connectivity index (χ1) is 8.71. The Balaban J connectivity index is 3.09. The van der Waals surface area contributed by atoms with Gasteiger partial charge in [0.15, 0.2) is 0 Å². The SMILES string of the molecule is CCCCC(CN)(C(=O)OCC)c1ccccc1. The van der Waals surface area contributed by atoms with Gasteiger partial charge in [-0.25, -0.2) is 0 Å². The molecule has 0 heterocycles. The van der Waals surface area contributed by atoms with E-state index in [1.54, 1.807) is 0 Å². The van der Waals surface area contributed by atoms with Crippen LogP contribution in [0.25, 0.3) is 0 Å². The predicted octanol–water partition coefficient (Wildman–Crippen LogP) is 2.64. The fourth-order valence-corrected chi connectivity index (χ4v) is 2.17. The van der Waals surface area contributed by atoms with Gasteiger partial charge in [0.25, 0.3) is 0 Å². The molecule has 3 nitrogen and oxygen atoms in total. The minimum atomic E-state index is -0.687. The summed E-state index contributed by atoms with van der Waals surface area (Å²) in [5.41, 5.74) is 6.18. The van der Waals surface area contributed by atoms with Gasteiger partial charge in [-0.3, -0.25) is 4.79 Å². The number of unbranched alkanes of at least 4 members (excludes halogenated alkanes) is 1. The normalized spacial score (nSPS) is 13.9. The second-order valence-electron chi connectivity index (χ2n) is 4.48. The molecule has 3 heteroatoms. The number of esters is 1. The largest absolute Gasteiger partial charge is 0.465 e. The summed E-state index contributed by atoms with van der Waals surface area (Å²) in [6.07, 6.45) is 2.74. The Bertz CT molecular complexity index is 364. The molecule has 0 spiro atoms. The van der Waals surface area contributed by atoms with E-state index < -0.39 is 5.41 Å². The summed E-state index contributed by atoms with van der Waals surface area (Å²) >= 11 is 0. The van der Waals surface area contributed by atoms with E-state index in [0.717, 1.165) is 24.8 Å². The Morgan fingerprint density at radius 2 is 1.94 bits per heavy atom. The van der Waals surface area contributed by atoms with Crippen molar-refractivity contribution in [3.8, 4) is 0 Å². The van der Waals surface area contributed by atoms with E-state index in [1.165, 1.54) is 0 Å². The monoisotopic (exact) mass is 249 g/mol. The van der Waals surface area contributed by atoms with Crippen LogP contribution in [0.4, 0.5) is 0 Å². The summed E-state index contributed by atoms with van der Waals surface area (Å²) in [7, 11) is 0. The Morgan fingerprint density at radius 3 is 2.44 bits per heavy atom. The van der Waals surface area contributed by atoms with Gasteiger partial charge in [0.2, 0.25) is 0 Å². The van der Waals surface area contributed by atoms with Crippen molar-refractivity contribution >= 4 is 5.97 Å². The molecule has 0 radical (unpaired) electrons. The van der Waals surface area contributed by atoms with Crippen LogP contribution in [-0.2, 0) is 14.9 Å². The number of benzene rings is 1. The van der Waals surface area contributed by atoms with Gasteiger partial charge in [0.1, 0.15) is 5.41 Å². The summed E-state index contributed by atoms with van der Waals surface area (Å²) in [5.74, 6) is -0.202. The van der Waals surface area contributed by atoms with Gasteiger partial charge in [-0.05, 0) is 18.9 Å². The number of hydrogen-bond acceptors (Lipinski definition) is 3. The quantitative estimate of drug-likeness (QED) is 0.756. The second-order valence-corrected chi connectivity index (χ2v) is 4.48. The molecule has 1 atom stereocenters. The van der Waals surface area contributed by atoms with Gasteiger partial charge in [-0.1, -0.05) is 50.1 Å². The van der Waals surface area contributed by atoms with E-state index in [2.05, 4.69) is 6.92 Å². The van der Waals surface area contributed by atoms with Crippen LogP contribution in [0.15, 0.2) is 30.3 Å². The lowest BCUT2D eigenvalue weighted by molar-refractivity contribution is -0.150. The smallest absolute Gasteiger partial charge is 0.317 e. The number of carbonyl (C=O) groups excluding carboxylic acids is 1. The van der Waals surface area contributed by atoms with Crippen molar-refractivity contribution in [1.82, 2.24) is 0 Å². The van der Waals surface area contributed by atoms with Crippen LogP contribution >= 0.6 is 0 Å². The first-order valence-electron chi connectivity index (χ1n) is 6.64. The van der Waals surface area contributed by atoms with E-state index in [-0.39, 0.29) is 12.5 Å². The third-order valence-electron chi connectivity index (χ3n) is 3.30. The van der Waals surface area contributed by atoms with Crippen molar-refractivity contribution in [2.45, 2.75) is 38.5 Å². The van der Waals surface area contributed by atoms with E-state index in [0.29, 0.717) is 6.61 Å². The molecular weight excluding hydrogens is 226 g/mol. The number of rotatable bonds is 7. The first-order valence-corrected chi connectivity index (χ1v) is 6.64. The standard InChI is InChI=1S/C15H23NO2/c1-3-5-11-15(12-16,14(17)18-4-2)13-9-7-6-8-10-13/h6-10H,3-5,11-12,16H2,1-2H3. The Labute approximate surface area is 109 Å². The van der Waals surface area contributed by atoms with Crippen LogP contribution in [-0.4, -0.2) is 19.1 Å². The van der Waals surface area contributed by atoms with Crippen LogP contribution in [0, 0.1) is 0 Å². The van der Waals surface area contributed by atoms with E-state index in [4.69, 9.17) is 10.5 Å². The summed E-state index contributed by atoms with van der Waals surface area (Å²) in [6, 6.07) is 9.73. The average molecular weight is 249 g/mol. The maximum absolute atomic E-state index is 12.3. The molecule has 18 heavy (non-hydrogen) atoms. The van der Waals surface area contributed by atoms with Crippen molar-refractivity contribution in [1.29, 1.82) is 0 Å². The van der Waals surface area contributed by atoms with E-state index >= 15 is 0 Å². The minimum absolute atomic E-state index is 0.202. The minimum Gasteiger partial charge on any atom is -0.465 e. The molecule has 0 fully saturated rings. The Kier molecular flexibility index (Phi) is 5.86. The topological polar surface area (TPSA) is 52.3 Å². The van der Waals surface area contributed by atoms with Gasteiger partial charge in [0, 0.05) is 6.54 Å². The molecule has 100 valence electrons. The molecule has 0 aliphatic carbocycles. The highest BCUT2D eigenvalue weighted by Gasteiger charge is 2.39. The zero-order valence-electron chi connectivity index (χ0n) is 11.3. The van der Waals surface area contributed by atoms with Crippen LogP contribution < -0.4 is 5.73 Å². The maximum atomic E-state index is 12.3. The Hall–Kier alpha value is -1.35. The highest BCUT2D eigenvalue weighted by atomic mass is 16.5. The lowest BCUT2D eigenvalue weighted by Gasteiger charge is -2.30. The number of ether oxygens (including phenoxy) is 1. The van der Waals surface area contributed by atoms with Gasteiger partial charge in [-0.2, -0.15) is 0 Å². The van der Waals surface area contributed by atoms with Crippen LogP contribution in [0.3, 0.4) is 0 Å². The molecule has 0 saturated heterocycles. The first kappa shape index (κ1) is 14.7. The molecule has 1 aromatic carbocycles. The predicted molar refractivity (Wildman–Crippen MR) is 73.3 cm³/mol. The molecule has 0 bridgehead atoms. The van der Waals surface area contributed by atoms with E-state index in [9.17, 15) is 4.79 Å². The van der Waals surface area contributed by atoms with Crippen molar-refractivity contribution in [3.05, 3.63) is 35.9 Å². The average Bonchev–Trinajstić information content (AvgIpc) is 2.42. The zero-order chi connectivity index (χ0) is 13.4. The van der Waals surface area contributed by atoms with Crippen LogP contribution in [0.5, 0.6) is 0 Å². The van der Waals surface area contributed by atoms with E-state index in [1.807, 2.05) is 37.3 Å². The summed E-state index contributed by atoms with van der Waals surface area (Å²) in [6.45, 7) is 4.61. The molecule has 0 saturated carbocycles. The van der Waals surface area contributed by atoms with Crippen LogP contribution in [0.1, 0.15) is 38.7 Å². The lowest BCUT2D eigenvalue weighted by atomic mass is 9.76.